The van der Waals surface area contributed by atoms with Crippen LogP contribution in [0.15, 0.2) is 0 Å². The van der Waals surface area contributed by atoms with Crippen molar-refractivity contribution in [3.05, 3.63) is 0 Å². The first-order valence-electron chi connectivity index (χ1n) is 8.92. The third-order valence-electron chi connectivity index (χ3n) is 3.89. The summed E-state index contributed by atoms with van der Waals surface area (Å²) < 4.78 is 5.43. The second-order valence-electron chi connectivity index (χ2n) is 5.90. The molecule has 0 saturated heterocycles. The topological polar surface area (TPSA) is 6.48 Å². The number of unbranched alkanes of at least 4 members (excludes halogenated alkanes) is 4. The van der Waals surface area contributed by atoms with Gasteiger partial charge in [-0.1, -0.05) is 84.0 Å². The van der Waals surface area contributed by atoms with E-state index in [1.54, 1.807) is 0 Å². The molecule has 0 spiro atoms. The molecule has 2 nitrogen and oxygen atoms in total. The lowest BCUT2D eigenvalue weighted by molar-refractivity contribution is 0.335. The number of rotatable bonds is 14. The normalized spacial score (nSPS) is 12.6. The van der Waals surface area contributed by atoms with Crippen LogP contribution in [0.5, 0.6) is 0 Å². The molecule has 0 rings (SSSR count). The van der Waals surface area contributed by atoms with Gasteiger partial charge in [0.25, 0.3) is 0 Å². The van der Waals surface area contributed by atoms with Gasteiger partial charge in [0.2, 0.25) is 0 Å². The average Bonchev–Trinajstić information content (AvgIpc) is 2.47. The lowest BCUT2D eigenvalue weighted by Crippen LogP contribution is -2.58. The molecule has 0 aliphatic rings. The van der Waals surface area contributed by atoms with E-state index < -0.39 is 5.64 Å². The zero-order valence-electron chi connectivity index (χ0n) is 14.6. The summed E-state index contributed by atoms with van der Waals surface area (Å²) in [6.45, 7) is 14.0. The van der Waals surface area contributed by atoms with Crippen LogP contribution in [0.4, 0.5) is 0 Å². The van der Waals surface area contributed by atoms with Crippen molar-refractivity contribution < 1.29 is 0 Å². The van der Waals surface area contributed by atoms with E-state index in [-0.39, 0.29) is 0 Å². The van der Waals surface area contributed by atoms with Crippen molar-refractivity contribution in [3.8, 4) is 0 Å². The highest BCUT2D eigenvalue weighted by molar-refractivity contribution is 9.50. The van der Waals surface area contributed by atoms with Crippen LogP contribution in [0, 0.1) is 0 Å². The molecule has 0 amide bonds. The van der Waals surface area contributed by atoms with Crippen LogP contribution in [0.2, 0.25) is 0 Å². The summed E-state index contributed by atoms with van der Waals surface area (Å²) in [7, 11) is 0. The van der Waals surface area contributed by atoms with Crippen molar-refractivity contribution in [2.45, 2.75) is 79.1 Å². The van der Waals surface area contributed by atoms with Crippen molar-refractivity contribution in [1.29, 1.82) is 0 Å². The fraction of sp³-hybridized carbons (Fsp3) is 1.00. The van der Waals surface area contributed by atoms with Crippen LogP contribution < -0.4 is 0 Å². The van der Waals surface area contributed by atoms with Gasteiger partial charge in [0.15, 0.2) is 0 Å². The minimum Gasteiger partial charge on any atom is -0.295 e. The van der Waals surface area contributed by atoms with Gasteiger partial charge in [-0.25, -0.2) is 0 Å². The van der Waals surface area contributed by atoms with Crippen molar-refractivity contribution in [2.75, 3.05) is 26.2 Å². The summed E-state index contributed by atoms with van der Waals surface area (Å²) in [6.07, 6.45) is 10.3. The van der Waals surface area contributed by atoms with Gasteiger partial charge in [-0.05, 0) is 51.9 Å². The molecule has 0 radical (unpaired) electrons. The molecule has 0 atom stereocenters. The number of hydrogen-bond acceptors (Lipinski definition) is 2. The molecule has 128 valence electrons. The van der Waals surface area contributed by atoms with Crippen LogP contribution in [0.25, 0.3) is 0 Å². The molecule has 0 aromatic rings. The predicted molar refractivity (Wildman–Crippen MR) is 106 cm³/mol. The van der Waals surface area contributed by atoms with E-state index in [1.165, 1.54) is 77.5 Å². The first-order chi connectivity index (χ1) is 10.0. The van der Waals surface area contributed by atoms with E-state index in [1.807, 2.05) is 0 Å². The van der Waals surface area contributed by atoms with Crippen molar-refractivity contribution in [1.82, 2.24) is 9.13 Å². The summed E-state index contributed by atoms with van der Waals surface area (Å²) in [4.78, 5) is 0. The fourth-order valence-electron chi connectivity index (χ4n) is 2.36. The quantitative estimate of drug-likeness (QED) is 0.239. The Labute approximate surface area is 150 Å². The molecule has 0 N–H and O–H groups in total. The molecule has 0 aromatic heterocycles. The third kappa shape index (κ3) is 9.09. The lowest BCUT2D eigenvalue weighted by atomic mass is 10.3. The largest absolute Gasteiger partial charge is 0.354 e. The van der Waals surface area contributed by atoms with Gasteiger partial charge in [0, 0.05) is 0 Å². The number of halogens is 2. The first-order valence-corrected chi connectivity index (χ1v) is 15.3. The smallest absolute Gasteiger partial charge is 0.295 e. The molecule has 21 heavy (non-hydrogen) atoms. The SMILES string of the molecule is CCCCN(CCCC)[Si](Br)(Br)N(CCCC)CCCC. The van der Waals surface area contributed by atoms with E-state index in [0.29, 0.717) is 0 Å². The summed E-state index contributed by atoms with van der Waals surface area (Å²) >= 11 is 8.29. The van der Waals surface area contributed by atoms with E-state index in [9.17, 15) is 0 Å². The molecule has 0 aromatic carbocycles. The molecule has 0 fully saturated rings. The van der Waals surface area contributed by atoms with Crippen molar-refractivity contribution in [3.63, 3.8) is 0 Å². The Bertz CT molecular complexity index is 202. The van der Waals surface area contributed by atoms with Crippen LogP contribution in [-0.4, -0.2) is 40.9 Å². The third-order valence-corrected chi connectivity index (χ3v) is 12.3. The molecular weight excluding hydrogens is 408 g/mol. The van der Waals surface area contributed by atoms with Crippen LogP contribution in [0.3, 0.4) is 0 Å². The number of nitrogens with zero attached hydrogens (tertiary/aromatic N) is 2. The van der Waals surface area contributed by atoms with Crippen molar-refractivity contribution >= 4 is 36.2 Å². The second kappa shape index (κ2) is 13.5. The Morgan fingerprint density at radius 1 is 0.571 bits per heavy atom. The summed E-state index contributed by atoms with van der Waals surface area (Å²) in [5, 5.41) is 0. The molecule has 0 bridgehead atoms. The Kier molecular flexibility index (Phi) is 14.2. The summed E-state index contributed by atoms with van der Waals surface area (Å²) in [5.41, 5.74) is -1.82. The molecule has 0 aliphatic heterocycles. The molecular formula is C16H36Br2N2Si. The second-order valence-corrected chi connectivity index (χ2v) is 18.0. The highest BCUT2D eigenvalue weighted by Gasteiger charge is 2.40. The van der Waals surface area contributed by atoms with Gasteiger partial charge in [-0.15, -0.1) is 0 Å². The Morgan fingerprint density at radius 2 is 0.810 bits per heavy atom. The minimum absolute atomic E-state index is 1.22. The zero-order valence-corrected chi connectivity index (χ0v) is 18.8. The Balaban J connectivity index is 4.84. The first kappa shape index (κ1) is 22.1. The zero-order chi connectivity index (χ0) is 16.1. The average molecular weight is 444 g/mol. The maximum Gasteiger partial charge on any atom is 0.354 e. The lowest BCUT2D eigenvalue weighted by Gasteiger charge is -2.41. The van der Waals surface area contributed by atoms with Gasteiger partial charge in [0.05, 0.1) is 0 Å². The van der Waals surface area contributed by atoms with Crippen LogP contribution in [0.1, 0.15) is 79.1 Å². The van der Waals surface area contributed by atoms with Gasteiger partial charge in [0.1, 0.15) is 0 Å². The van der Waals surface area contributed by atoms with Gasteiger partial charge < -0.3 is 0 Å². The molecule has 0 aliphatic carbocycles. The van der Waals surface area contributed by atoms with E-state index in [0.717, 1.165) is 0 Å². The predicted octanol–water partition coefficient (Wildman–Crippen LogP) is 6.02. The number of hydrogen-bond donors (Lipinski definition) is 0. The maximum absolute atomic E-state index is 4.14. The van der Waals surface area contributed by atoms with Crippen LogP contribution in [-0.2, 0) is 0 Å². The minimum atomic E-state index is -1.82. The van der Waals surface area contributed by atoms with Crippen LogP contribution >= 0.6 is 30.6 Å². The van der Waals surface area contributed by atoms with Gasteiger partial charge in [-0.2, -0.15) is 0 Å². The van der Waals surface area contributed by atoms with Gasteiger partial charge in [-0.3, -0.25) is 9.13 Å². The monoisotopic (exact) mass is 442 g/mol. The Morgan fingerprint density at radius 3 is 1.00 bits per heavy atom. The fourth-order valence-corrected chi connectivity index (χ4v) is 8.72. The van der Waals surface area contributed by atoms with E-state index in [4.69, 9.17) is 0 Å². The van der Waals surface area contributed by atoms with E-state index in [2.05, 4.69) is 67.4 Å². The highest BCUT2D eigenvalue weighted by Crippen LogP contribution is 2.31. The standard InChI is InChI=1S/C16H36Br2N2Si/c1-5-9-13-19(14-10-6-2)21(17,18)20(15-11-7-3)16-12-8-4/h5-16H2,1-4H3. The molecule has 5 heteroatoms. The summed E-state index contributed by atoms with van der Waals surface area (Å²) in [5.74, 6) is 0. The molecule has 0 heterocycles. The maximum atomic E-state index is 4.14. The van der Waals surface area contributed by atoms with Crippen molar-refractivity contribution in [2.24, 2.45) is 0 Å². The summed E-state index contributed by atoms with van der Waals surface area (Å²) in [6, 6.07) is 0. The molecule has 0 saturated carbocycles. The molecule has 0 unspecified atom stereocenters. The highest BCUT2D eigenvalue weighted by atomic mass is 79.9. The van der Waals surface area contributed by atoms with Gasteiger partial charge >= 0.3 is 5.64 Å². The van der Waals surface area contributed by atoms with E-state index >= 15 is 0 Å². The Hall–Kier alpha value is 1.10.